The average Bonchev–Trinajstić information content (AvgIpc) is 2.56. The number of nitrogens with one attached hydrogen (secondary N) is 3. The molecule has 3 N–H and O–H groups in total. The van der Waals surface area contributed by atoms with Crippen LogP contribution in [0, 0.1) is 0 Å². The number of hydrogen-bond acceptors (Lipinski definition) is 2. The number of hydrogen-bond donors (Lipinski definition) is 3. The molecule has 1 fully saturated rings. The summed E-state index contributed by atoms with van der Waals surface area (Å²) in [7, 11) is 1.70. The Balaban J connectivity index is 1.67. The van der Waals surface area contributed by atoms with Crippen molar-refractivity contribution in [3.63, 3.8) is 0 Å². The number of halogens is 1. The van der Waals surface area contributed by atoms with E-state index in [2.05, 4.69) is 5.32 Å². The molecule has 0 saturated carbocycles. The second-order valence-electron chi connectivity index (χ2n) is 5.80. The highest BCUT2D eigenvalue weighted by Crippen LogP contribution is 2.14. The van der Waals surface area contributed by atoms with Gasteiger partial charge in [-0.1, -0.05) is 11.6 Å². The zero-order valence-electron chi connectivity index (χ0n) is 13.3. The van der Waals surface area contributed by atoms with Crippen LogP contribution in [0.1, 0.15) is 6.92 Å². The van der Waals surface area contributed by atoms with Crippen molar-refractivity contribution in [3.8, 4) is 5.75 Å². The molecule has 5 nitrogen and oxygen atoms in total. The van der Waals surface area contributed by atoms with Gasteiger partial charge in [-0.15, -0.1) is 0 Å². The van der Waals surface area contributed by atoms with E-state index in [1.54, 1.807) is 11.9 Å². The number of piperazine rings is 1. The van der Waals surface area contributed by atoms with Crippen LogP contribution in [0.3, 0.4) is 0 Å². The number of carbonyl (C=O) groups excluding carboxylic acids is 1. The van der Waals surface area contributed by atoms with Gasteiger partial charge in [0, 0.05) is 12.1 Å². The second-order valence-corrected chi connectivity index (χ2v) is 6.23. The molecule has 0 bridgehead atoms. The molecule has 1 aromatic rings. The molecule has 1 atom stereocenters. The van der Waals surface area contributed by atoms with Gasteiger partial charge >= 0.3 is 0 Å². The Bertz CT molecular complexity index is 473. The largest absolute Gasteiger partial charge is 0.488 e. The van der Waals surface area contributed by atoms with E-state index in [4.69, 9.17) is 16.3 Å². The van der Waals surface area contributed by atoms with E-state index in [9.17, 15) is 4.79 Å². The van der Waals surface area contributed by atoms with Gasteiger partial charge in [0.15, 0.2) is 6.04 Å². The van der Waals surface area contributed by atoms with Gasteiger partial charge in [-0.25, -0.2) is 0 Å². The molecule has 2 rings (SSSR count). The molecule has 1 amide bonds. The van der Waals surface area contributed by atoms with Crippen molar-refractivity contribution in [1.82, 2.24) is 5.32 Å². The van der Waals surface area contributed by atoms with Crippen LogP contribution in [0.25, 0.3) is 0 Å². The number of ether oxygens (including phenoxy) is 1. The van der Waals surface area contributed by atoms with Gasteiger partial charge < -0.3 is 19.9 Å². The maximum absolute atomic E-state index is 11.7. The summed E-state index contributed by atoms with van der Waals surface area (Å²) in [6.45, 7) is 7.93. The normalized spacial score (nSPS) is 22.9. The van der Waals surface area contributed by atoms with Gasteiger partial charge in [0.25, 0.3) is 5.91 Å². The molecule has 0 spiro atoms. The Hall–Kier alpha value is -1.30. The topological polar surface area (TPSA) is 47.2 Å². The minimum absolute atomic E-state index is 0.0388. The van der Waals surface area contributed by atoms with Crippen LogP contribution in [0.5, 0.6) is 5.75 Å². The maximum Gasteiger partial charge on any atom is 0.277 e. The van der Waals surface area contributed by atoms with Crippen molar-refractivity contribution >= 4 is 17.5 Å². The molecule has 122 valence electrons. The van der Waals surface area contributed by atoms with Crippen LogP contribution >= 0.6 is 11.6 Å². The van der Waals surface area contributed by atoms with E-state index in [0.29, 0.717) is 6.61 Å². The molecule has 1 heterocycles. The van der Waals surface area contributed by atoms with Crippen LogP contribution in [-0.2, 0) is 4.79 Å². The lowest BCUT2D eigenvalue weighted by atomic mass is 10.2. The molecule has 6 heteroatoms. The highest BCUT2D eigenvalue weighted by molar-refractivity contribution is 6.30. The molecule has 1 aliphatic rings. The summed E-state index contributed by atoms with van der Waals surface area (Å²) in [5.74, 6) is 0.992. The number of carbonyl (C=O) groups is 1. The summed E-state index contributed by atoms with van der Waals surface area (Å²) in [4.78, 5) is 14.6. The minimum atomic E-state index is 0.0388. The third-order valence-corrected chi connectivity index (χ3v) is 4.64. The maximum atomic E-state index is 11.7. The van der Waals surface area contributed by atoms with Crippen molar-refractivity contribution in [1.29, 1.82) is 0 Å². The smallest absolute Gasteiger partial charge is 0.277 e. The fourth-order valence-electron chi connectivity index (χ4n) is 2.85. The third kappa shape index (κ3) is 4.87. The third-order valence-electron chi connectivity index (χ3n) is 4.39. The van der Waals surface area contributed by atoms with Crippen molar-refractivity contribution in [2.45, 2.75) is 13.0 Å². The van der Waals surface area contributed by atoms with Crippen LogP contribution in [0.2, 0.25) is 5.02 Å². The van der Waals surface area contributed by atoms with Crippen molar-refractivity contribution in [3.05, 3.63) is 29.3 Å². The fraction of sp³-hybridized carbons (Fsp3) is 0.562. The highest BCUT2D eigenvalue weighted by atomic mass is 35.5. The molecule has 0 aliphatic carbocycles. The summed E-state index contributed by atoms with van der Waals surface area (Å²) >= 11 is 5.85. The van der Waals surface area contributed by atoms with Crippen molar-refractivity contribution in [2.75, 3.05) is 46.4 Å². The first-order valence-corrected chi connectivity index (χ1v) is 8.26. The summed E-state index contributed by atoms with van der Waals surface area (Å²) in [5, 5.41) is 3.46. The quantitative estimate of drug-likeness (QED) is 0.604. The number of quaternary nitrogens is 2. The van der Waals surface area contributed by atoms with E-state index in [0.717, 1.165) is 43.5 Å². The van der Waals surface area contributed by atoms with Crippen LogP contribution in [0.4, 0.5) is 0 Å². The minimum Gasteiger partial charge on any atom is -0.488 e. The molecule has 1 saturated heterocycles. The predicted octanol–water partition coefficient (Wildman–Crippen LogP) is -1.36. The van der Waals surface area contributed by atoms with Gasteiger partial charge in [0.05, 0.1) is 0 Å². The Morgan fingerprint density at radius 2 is 1.91 bits per heavy atom. The molecular weight excluding hydrogens is 302 g/mol. The summed E-state index contributed by atoms with van der Waals surface area (Å²) in [6, 6.07) is 7.50. The Labute approximate surface area is 137 Å². The Kier molecular flexibility index (Phi) is 6.49. The molecule has 0 aromatic heterocycles. The van der Waals surface area contributed by atoms with Crippen molar-refractivity contribution in [2.24, 2.45) is 0 Å². The molecule has 1 aromatic carbocycles. The molecule has 0 radical (unpaired) electrons. The number of likely N-dealkylation sites (N-methyl/N-ethyl adjacent to an activating group) is 1. The van der Waals surface area contributed by atoms with Crippen LogP contribution < -0.4 is 19.9 Å². The second kappa shape index (κ2) is 8.36. The van der Waals surface area contributed by atoms with E-state index in [-0.39, 0.29) is 11.9 Å². The van der Waals surface area contributed by atoms with Gasteiger partial charge in [-0.05, 0) is 31.2 Å². The van der Waals surface area contributed by atoms with E-state index < -0.39 is 0 Å². The number of benzene rings is 1. The van der Waals surface area contributed by atoms with Crippen LogP contribution in [-0.4, -0.2) is 58.3 Å². The number of rotatable bonds is 6. The molecule has 22 heavy (non-hydrogen) atoms. The van der Waals surface area contributed by atoms with Gasteiger partial charge in [-0.2, -0.15) is 0 Å². The SMILES string of the molecule is CNC(=O)[C@@H](C)[NH+]1CC[NH+](CCOc2ccc(Cl)cc2)CC1. The fourth-order valence-corrected chi connectivity index (χ4v) is 2.98. The van der Waals surface area contributed by atoms with Gasteiger partial charge in [0.1, 0.15) is 45.1 Å². The summed E-state index contributed by atoms with van der Waals surface area (Å²) < 4.78 is 5.74. The van der Waals surface area contributed by atoms with E-state index >= 15 is 0 Å². The first-order valence-electron chi connectivity index (χ1n) is 7.88. The zero-order chi connectivity index (χ0) is 15.9. The molecule has 1 aliphatic heterocycles. The summed E-state index contributed by atoms with van der Waals surface area (Å²) in [6.07, 6.45) is 0. The van der Waals surface area contributed by atoms with Gasteiger partial charge in [-0.3, -0.25) is 4.79 Å². The van der Waals surface area contributed by atoms with E-state index in [1.807, 2.05) is 31.2 Å². The van der Waals surface area contributed by atoms with E-state index in [1.165, 1.54) is 4.90 Å². The first kappa shape index (κ1) is 17.1. The van der Waals surface area contributed by atoms with Crippen molar-refractivity contribution < 1.29 is 19.3 Å². The van der Waals surface area contributed by atoms with Crippen LogP contribution in [0.15, 0.2) is 24.3 Å². The molecule has 0 unspecified atom stereocenters. The average molecular weight is 328 g/mol. The Morgan fingerprint density at radius 1 is 1.27 bits per heavy atom. The molecular formula is C16H26ClN3O2+2. The standard InChI is InChI=1S/C16H24ClN3O2/c1-13(16(21)18-2)20-9-7-19(8-10-20)11-12-22-15-5-3-14(17)4-6-15/h3-6,13H,7-12H2,1-2H3,(H,18,21)/p+2/t13-/m1/s1. The lowest BCUT2D eigenvalue weighted by Crippen LogP contribution is -3.30. The summed E-state index contributed by atoms with van der Waals surface area (Å²) in [5.41, 5.74) is 0. The lowest BCUT2D eigenvalue weighted by Gasteiger charge is -2.32. The monoisotopic (exact) mass is 327 g/mol. The first-order chi connectivity index (χ1) is 10.6. The van der Waals surface area contributed by atoms with Gasteiger partial charge in [0.2, 0.25) is 0 Å². The Morgan fingerprint density at radius 3 is 2.50 bits per heavy atom. The number of amides is 1. The zero-order valence-corrected chi connectivity index (χ0v) is 14.1. The lowest BCUT2D eigenvalue weighted by molar-refractivity contribution is -1.02. The highest BCUT2D eigenvalue weighted by Gasteiger charge is 2.30. The predicted molar refractivity (Wildman–Crippen MR) is 86.7 cm³/mol.